The molecule has 0 heterocycles. The van der Waals surface area contributed by atoms with Crippen LogP contribution < -0.4 is 10.5 Å². The fourth-order valence-electron chi connectivity index (χ4n) is 3.44. The Labute approximate surface area is 117 Å². The summed E-state index contributed by atoms with van der Waals surface area (Å²) in [5, 5.41) is 0. The second-order valence-corrected chi connectivity index (χ2v) is 5.91. The van der Waals surface area contributed by atoms with Crippen LogP contribution in [0.15, 0.2) is 24.3 Å². The number of nitrogens with two attached hydrogens (primary N) is 1. The average Bonchev–Trinajstić information content (AvgIpc) is 2.43. The summed E-state index contributed by atoms with van der Waals surface area (Å²) >= 11 is 0. The summed E-state index contributed by atoms with van der Waals surface area (Å²) in [5.41, 5.74) is 7.64. The van der Waals surface area contributed by atoms with Gasteiger partial charge >= 0.3 is 0 Å². The van der Waals surface area contributed by atoms with Crippen LogP contribution in [0, 0.1) is 11.8 Å². The van der Waals surface area contributed by atoms with Crippen molar-refractivity contribution in [1.29, 1.82) is 0 Å². The highest BCUT2D eigenvalue weighted by molar-refractivity contribution is 5.33. The molecule has 2 heteroatoms. The number of ether oxygens (including phenoxy) is 1. The molecule has 19 heavy (non-hydrogen) atoms. The second-order valence-electron chi connectivity index (χ2n) is 5.91. The molecule has 0 aliphatic heterocycles. The Bertz CT molecular complexity index is 391. The summed E-state index contributed by atoms with van der Waals surface area (Å²) in [4.78, 5) is 0. The standard InChI is InChI=1S/C17H27NO/c1-3-6-13-9-10-16(18)15(11-13)12-14-7-4-5-8-17(14)19-2/h4-5,7-8,13,15-16H,3,6,9-12,18H2,1-2H3. The van der Waals surface area contributed by atoms with Gasteiger partial charge in [-0.2, -0.15) is 0 Å². The van der Waals surface area contributed by atoms with Crippen molar-refractivity contribution in [2.24, 2.45) is 17.6 Å². The Hall–Kier alpha value is -1.02. The first-order valence-electron chi connectivity index (χ1n) is 7.62. The Balaban J connectivity index is 2.03. The Kier molecular flexibility index (Phi) is 5.26. The summed E-state index contributed by atoms with van der Waals surface area (Å²) in [6, 6.07) is 8.71. The SMILES string of the molecule is CCCC1CCC(N)C(Cc2ccccc2OC)C1. The van der Waals surface area contributed by atoms with Crippen LogP contribution in [-0.2, 0) is 6.42 Å². The number of benzene rings is 1. The van der Waals surface area contributed by atoms with Crippen LogP contribution in [0.4, 0.5) is 0 Å². The molecule has 1 fully saturated rings. The summed E-state index contributed by atoms with van der Waals surface area (Å²) in [7, 11) is 1.75. The predicted octanol–water partition coefficient (Wildman–Crippen LogP) is 3.78. The number of methoxy groups -OCH3 is 1. The molecule has 0 spiro atoms. The molecule has 3 atom stereocenters. The Morgan fingerprint density at radius 1 is 1.26 bits per heavy atom. The molecule has 3 unspecified atom stereocenters. The van der Waals surface area contributed by atoms with Gasteiger partial charge in [-0.1, -0.05) is 38.0 Å². The van der Waals surface area contributed by atoms with Crippen molar-refractivity contribution in [2.75, 3.05) is 7.11 Å². The molecule has 0 aromatic heterocycles. The Morgan fingerprint density at radius 2 is 2.05 bits per heavy atom. The quantitative estimate of drug-likeness (QED) is 0.875. The molecule has 0 radical (unpaired) electrons. The minimum absolute atomic E-state index is 0.359. The van der Waals surface area contributed by atoms with E-state index in [1.54, 1.807) is 7.11 Å². The van der Waals surface area contributed by atoms with Crippen molar-refractivity contribution in [1.82, 2.24) is 0 Å². The normalized spacial score (nSPS) is 27.2. The fraction of sp³-hybridized carbons (Fsp3) is 0.647. The van der Waals surface area contributed by atoms with E-state index in [9.17, 15) is 0 Å². The van der Waals surface area contributed by atoms with Crippen LogP contribution in [0.5, 0.6) is 5.75 Å². The third kappa shape index (κ3) is 3.73. The molecule has 2 rings (SSSR count). The van der Waals surface area contributed by atoms with E-state index >= 15 is 0 Å². The lowest BCUT2D eigenvalue weighted by molar-refractivity contribution is 0.220. The fourth-order valence-corrected chi connectivity index (χ4v) is 3.44. The van der Waals surface area contributed by atoms with E-state index in [-0.39, 0.29) is 0 Å². The predicted molar refractivity (Wildman–Crippen MR) is 80.4 cm³/mol. The zero-order valence-corrected chi connectivity index (χ0v) is 12.3. The minimum atomic E-state index is 0.359. The van der Waals surface area contributed by atoms with Crippen molar-refractivity contribution >= 4 is 0 Å². The summed E-state index contributed by atoms with van der Waals surface area (Å²) in [6.45, 7) is 2.28. The molecular weight excluding hydrogens is 234 g/mol. The van der Waals surface area contributed by atoms with Gasteiger partial charge in [0, 0.05) is 6.04 Å². The van der Waals surface area contributed by atoms with Gasteiger partial charge in [-0.05, 0) is 49.1 Å². The van der Waals surface area contributed by atoms with Crippen LogP contribution in [-0.4, -0.2) is 13.2 Å². The van der Waals surface area contributed by atoms with Crippen molar-refractivity contribution in [2.45, 2.75) is 51.5 Å². The van der Waals surface area contributed by atoms with Gasteiger partial charge in [0.15, 0.2) is 0 Å². The molecule has 1 aromatic rings. The van der Waals surface area contributed by atoms with E-state index in [4.69, 9.17) is 10.5 Å². The van der Waals surface area contributed by atoms with Crippen LogP contribution >= 0.6 is 0 Å². The van der Waals surface area contributed by atoms with E-state index < -0.39 is 0 Å². The average molecular weight is 261 g/mol. The van der Waals surface area contributed by atoms with Gasteiger partial charge in [0.25, 0.3) is 0 Å². The molecule has 2 nitrogen and oxygen atoms in total. The maximum absolute atomic E-state index is 6.34. The van der Waals surface area contributed by atoms with Crippen molar-refractivity contribution in [3.63, 3.8) is 0 Å². The van der Waals surface area contributed by atoms with Crippen LogP contribution in [0.25, 0.3) is 0 Å². The summed E-state index contributed by atoms with van der Waals surface area (Å²) < 4.78 is 5.46. The topological polar surface area (TPSA) is 35.2 Å². The summed E-state index contributed by atoms with van der Waals surface area (Å²) in [5.74, 6) is 2.50. The molecule has 2 N–H and O–H groups in total. The van der Waals surface area contributed by atoms with Crippen LogP contribution in [0.1, 0.15) is 44.6 Å². The van der Waals surface area contributed by atoms with Gasteiger partial charge in [-0.15, -0.1) is 0 Å². The molecule has 1 saturated carbocycles. The highest BCUT2D eigenvalue weighted by Crippen LogP contribution is 2.34. The van der Waals surface area contributed by atoms with Gasteiger partial charge in [0.05, 0.1) is 7.11 Å². The highest BCUT2D eigenvalue weighted by Gasteiger charge is 2.28. The van der Waals surface area contributed by atoms with Crippen molar-refractivity contribution in [3.8, 4) is 5.75 Å². The smallest absolute Gasteiger partial charge is 0.122 e. The van der Waals surface area contributed by atoms with E-state index in [0.717, 1.165) is 18.1 Å². The van der Waals surface area contributed by atoms with E-state index in [0.29, 0.717) is 12.0 Å². The zero-order chi connectivity index (χ0) is 13.7. The molecular formula is C17H27NO. The summed E-state index contributed by atoms with van der Waals surface area (Å²) in [6.07, 6.45) is 7.50. The van der Waals surface area contributed by atoms with E-state index in [1.807, 2.05) is 12.1 Å². The Morgan fingerprint density at radius 3 is 2.79 bits per heavy atom. The number of para-hydroxylation sites is 1. The van der Waals surface area contributed by atoms with Crippen LogP contribution in [0.3, 0.4) is 0 Å². The monoisotopic (exact) mass is 261 g/mol. The molecule has 1 aromatic carbocycles. The molecule has 0 bridgehead atoms. The molecule has 106 valence electrons. The lowest BCUT2D eigenvalue weighted by atomic mass is 9.74. The maximum atomic E-state index is 6.34. The lowest BCUT2D eigenvalue weighted by Gasteiger charge is -2.34. The van der Waals surface area contributed by atoms with Crippen molar-refractivity contribution < 1.29 is 4.74 Å². The molecule has 0 amide bonds. The van der Waals surface area contributed by atoms with Crippen molar-refractivity contribution in [3.05, 3.63) is 29.8 Å². The first kappa shape index (κ1) is 14.4. The molecule has 0 saturated heterocycles. The lowest BCUT2D eigenvalue weighted by Crippen LogP contribution is -2.37. The second kappa shape index (κ2) is 6.95. The third-order valence-electron chi connectivity index (χ3n) is 4.52. The maximum Gasteiger partial charge on any atom is 0.122 e. The first-order chi connectivity index (χ1) is 9.24. The molecule has 1 aliphatic carbocycles. The van der Waals surface area contributed by atoms with Gasteiger partial charge in [0.2, 0.25) is 0 Å². The highest BCUT2D eigenvalue weighted by atomic mass is 16.5. The first-order valence-corrected chi connectivity index (χ1v) is 7.62. The number of rotatable bonds is 5. The number of hydrogen-bond donors (Lipinski definition) is 1. The zero-order valence-electron chi connectivity index (χ0n) is 12.3. The van der Waals surface area contributed by atoms with Gasteiger partial charge in [0.1, 0.15) is 5.75 Å². The minimum Gasteiger partial charge on any atom is -0.496 e. The largest absolute Gasteiger partial charge is 0.496 e. The van der Waals surface area contributed by atoms with Crippen LogP contribution in [0.2, 0.25) is 0 Å². The van der Waals surface area contributed by atoms with E-state index in [1.165, 1.54) is 37.7 Å². The van der Waals surface area contributed by atoms with E-state index in [2.05, 4.69) is 19.1 Å². The molecule has 1 aliphatic rings. The number of hydrogen-bond acceptors (Lipinski definition) is 2. The third-order valence-corrected chi connectivity index (χ3v) is 4.52. The van der Waals surface area contributed by atoms with Gasteiger partial charge in [-0.25, -0.2) is 0 Å². The van der Waals surface area contributed by atoms with Gasteiger partial charge < -0.3 is 10.5 Å². The van der Waals surface area contributed by atoms with Gasteiger partial charge in [-0.3, -0.25) is 0 Å².